The van der Waals surface area contributed by atoms with Gasteiger partial charge in [0.15, 0.2) is 0 Å². The molecule has 0 aliphatic carbocycles. The second-order valence-corrected chi connectivity index (χ2v) is 4.55. The van der Waals surface area contributed by atoms with E-state index in [0.29, 0.717) is 5.41 Å². The Kier molecular flexibility index (Phi) is 3.12. The Balaban J connectivity index is 2.54. The van der Waals surface area contributed by atoms with Crippen LogP contribution in [0.4, 0.5) is 0 Å². The lowest BCUT2D eigenvalue weighted by molar-refractivity contribution is -0.126. The highest BCUT2D eigenvalue weighted by atomic mass is 16.2. The van der Waals surface area contributed by atoms with E-state index in [2.05, 4.69) is 20.4 Å². The van der Waals surface area contributed by atoms with Crippen molar-refractivity contribution >= 4 is 5.91 Å². The highest BCUT2D eigenvalue weighted by Crippen LogP contribution is 2.29. The zero-order chi connectivity index (χ0) is 9.90. The molecule has 1 rings (SSSR count). The van der Waals surface area contributed by atoms with Gasteiger partial charge in [-0.25, -0.2) is 0 Å². The van der Waals surface area contributed by atoms with Crippen LogP contribution in [0.3, 0.4) is 0 Å². The minimum Gasteiger partial charge on any atom is -0.339 e. The number of hydrogen-bond acceptors (Lipinski definition) is 1. The van der Waals surface area contributed by atoms with Crippen molar-refractivity contribution in [2.45, 2.75) is 33.1 Å². The molecule has 0 aromatic heterocycles. The Morgan fingerprint density at radius 3 is 2.69 bits per heavy atom. The van der Waals surface area contributed by atoms with Gasteiger partial charge in [0.05, 0.1) is 0 Å². The third-order valence-electron chi connectivity index (χ3n) is 2.83. The van der Waals surface area contributed by atoms with E-state index in [1.165, 1.54) is 12.5 Å². The number of rotatable bonds is 1. The summed E-state index contributed by atoms with van der Waals surface area (Å²) >= 11 is 0. The van der Waals surface area contributed by atoms with Gasteiger partial charge in [0.2, 0.25) is 5.91 Å². The second kappa shape index (κ2) is 3.95. The summed E-state index contributed by atoms with van der Waals surface area (Å²) in [5.41, 5.74) is 0.399. The largest absolute Gasteiger partial charge is 0.339 e. The molecular weight excluding hydrogens is 162 g/mol. The van der Waals surface area contributed by atoms with Crippen LogP contribution < -0.4 is 0 Å². The first-order valence-electron chi connectivity index (χ1n) is 4.96. The lowest BCUT2D eigenvalue weighted by Crippen LogP contribution is -2.30. The van der Waals surface area contributed by atoms with Gasteiger partial charge in [0.25, 0.3) is 0 Å². The maximum absolute atomic E-state index is 11.3. The predicted molar refractivity (Wildman–Crippen MR) is 54.4 cm³/mol. The number of amides is 1. The Morgan fingerprint density at radius 2 is 2.08 bits per heavy atom. The van der Waals surface area contributed by atoms with Crippen LogP contribution in [0.5, 0.6) is 0 Å². The van der Waals surface area contributed by atoms with Gasteiger partial charge in [-0.3, -0.25) is 4.79 Å². The minimum atomic E-state index is 0.0812. The molecule has 74 valence electrons. The summed E-state index contributed by atoms with van der Waals surface area (Å²) in [7, 11) is 0. The molecule has 1 amide bonds. The maximum atomic E-state index is 11.3. The topological polar surface area (TPSA) is 20.3 Å². The highest BCUT2D eigenvalue weighted by molar-refractivity contribution is 5.86. The smallest absolute Gasteiger partial charge is 0.245 e. The molecule has 0 atom stereocenters. The van der Waals surface area contributed by atoms with Crippen molar-refractivity contribution in [2.24, 2.45) is 5.41 Å². The molecule has 1 aliphatic rings. The van der Waals surface area contributed by atoms with Crippen LogP contribution in [-0.4, -0.2) is 23.9 Å². The van der Waals surface area contributed by atoms with Crippen LogP contribution in [0.2, 0.25) is 0 Å². The average Bonchev–Trinajstić information content (AvgIpc) is 2.25. The number of carbonyl (C=O) groups is 1. The lowest BCUT2D eigenvalue weighted by Gasteiger charge is -2.22. The predicted octanol–water partition coefficient (Wildman–Crippen LogP) is 2.21. The van der Waals surface area contributed by atoms with Gasteiger partial charge in [-0.2, -0.15) is 0 Å². The third-order valence-corrected chi connectivity index (χ3v) is 2.83. The first-order chi connectivity index (χ1) is 6.05. The number of carbonyl (C=O) groups excluding carboxylic acids is 1. The molecule has 1 aliphatic heterocycles. The van der Waals surface area contributed by atoms with Crippen LogP contribution in [0.25, 0.3) is 0 Å². The van der Waals surface area contributed by atoms with Crippen molar-refractivity contribution in [1.82, 2.24) is 4.90 Å². The monoisotopic (exact) mass is 181 g/mol. The third kappa shape index (κ3) is 2.87. The molecule has 1 saturated heterocycles. The quantitative estimate of drug-likeness (QED) is 0.568. The number of hydrogen-bond donors (Lipinski definition) is 0. The summed E-state index contributed by atoms with van der Waals surface area (Å²) in [5.74, 6) is 0.0812. The molecule has 0 N–H and O–H groups in total. The summed E-state index contributed by atoms with van der Waals surface area (Å²) in [6.45, 7) is 9.84. The van der Waals surface area contributed by atoms with Crippen LogP contribution >= 0.6 is 0 Å². The Hall–Kier alpha value is -0.790. The van der Waals surface area contributed by atoms with Gasteiger partial charge in [-0.1, -0.05) is 20.4 Å². The van der Waals surface area contributed by atoms with Crippen molar-refractivity contribution in [1.29, 1.82) is 0 Å². The van der Waals surface area contributed by atoms with Gasteiger partial charge >= 0.3 is 0 Å². The van der Waals surface area contributed by atoms with E-state index < -0.39 is 0 Å². The molecule has 0 unspecified atom stereocenters. The zero-order valence-electron chi connectivity index (χ0n) is 8.68. The van der Waals surface area contributed by atoms with E-state index in [9.17, 15) is 4.79 Å². The fourth-order valence-corrected chi connectivity index (χ4v) is 1.77. The molecule has 0 aromatic carbocycles. The second-order valence-electron chi connectivity index (χ2n) is 4.55. The van der Waals surface area contributed by atoms with E-state index >= 15 is 0 Å². The first-order valence-corrected chi connectivity index (χ1v) is 4.96. The Labute approximate surface area is 80.6 Å². The van der Waals surface area contributed by atoms with E-state index in [0.717, 1.165) is 25.9 Å². The van der Waals surface area contributed by atoms with Crippen LogP contribution in [-0.2, 0) is 4.79 Å². The van der Waals surface area contributed by atoms with Gasteiger partial charge in [0, 0.05) is 13.1 Å². The molecule has 0 radical (unpaired) electrons. The van der Waals surface area contributed by atoms with Crippen molar-refractivity contribution in [3.05, 3.63) is 12.7 Å². The molecule has 0 aromatic rings. The minimum absolute atomic E-state index is 0.0812. The molecule has 2 heteroatoms. The van der Waals surface area contributed by atoms with Gasteiger partial charge in [0.1, 0.15) is 0 Å². The lowest BCUT2D eigenvalue weighted by atomic mass is 9.85. The van der Waals surface area contributed by atoms with Crippen LogP contribution in [0.1, 0.15) is 33.1 Å². The first kappa shape index (κ1) is 10.3. The molecule has 0 saturated carbocycles. The molecule has 1 fully saturated rings. The number of likely N-dealkylation sites (tertiary alicyclic amines) is 1. The van der Waals surface area contributed by atoms with Crippen LogP contribution in [0, 0.1) is 5.41 Å². The molecular formula is C11H19NO. The van der Waals surface area contributed by atoms with Gasteiger partial charge < -0.3 is 4.90 Å². The SMILES string of the molecule is C=CC(=O)N1CCCC(C)(C)CC1. The van der Waals surface area contributed by atoms with E-state index in [-0.39, 0.29) is 5.91 Å². The summed E-state index contributed by atoms with van der Waals surface area (Å²) in [5, 5.41) is 0. The van der Waals surface area contributed by atoms with Crippen molar-refractivity contribution in [2.75, 3.05) is 13.1 Å². The summed E-state index contributed by atoms with van der Waals surface area (Å²) in [4.78, 5) is 13.2. The Morgan fingerprint density at radius 1 is 1.38 bits per heavy atom. The van der Waals surface area contributed by atoms with Gasteiger partial charge in [-0.15, -0.1) is 0 Å². The summed E-state index contributed by atoms with van der Waals surface area (Å²) in [6, 6.07) is 0. The van der Waals surface area contributed by atoms with Gasteiger partial charge in [-0.05, 0) is 30.8 Å². The molecule has 0 spiro atoms. The molecule has 2 nitrogen and oxygen atoms in total. The summed E-state index contributed by atoms with van der Waals surface area (Å²) < 4.78 is 0. The van der Waals surface area contributed by atoms with E-state index in [1.807, 2.05) is 4.90 Å². The zero-order valence-corrected chi connectivity index (χ0v) is 8.68. The van der Waals surface area contributed by atoms with Crippen molar-refractivity contribution in [3.63, 3.8) is 0 Å². The maximum Gasteiger partial charge on any atom is 0.245 e. The summed E-state index contributed by atoms with van der Waals surface area (Å²) in [6.07, 6.45) is 4.85. The molecule has 0 bridgehead atoms. The standard InChI is InChI=1S/C11H19NO/c1-4-10(13)12-8-5-6-11(2,3)7-9-12/h4H,1,5-9H2,2-3H3. The van der Waals surface area contributed by atoms with Crippen LogP contribution in [0.15, 0.2) is 12.7 Å². The fourth-order valence-electron chi connectivity index (χ4n) is 1.77. The fraction of sp³-hybridized carbons (Fsp3) is 0.727. The number of nitrogens with zero attached hydrogens (tertiary/aromatic N) is 1. The average molecular weight is 181 g/mol. The normalized spacial score (nSPS) is 22.2. The molecule has 1 heterocycles. The highest BCUT2D eigenvalue weighted by Gasteiger charge is 2.24. The van der Waals surface area contributed by atoms with Crippen molar-refractivity contribution < 1.29 is 4.79 Å². The Bertz CT molecular complexity index is 208. The van der Waals surface area contributed by atoms with Crippen molar-refractivity contribution in [3.8, 4) is 0 Å². The van der Waals surface area contributed by atoms with E-state index in [4.69, 9.17) is 0 Å². The molecule has 13 heavy (non-hydrogen) atoms. The van der Waals surface area contributed by atoms with E-state index in [1.54, 1.807) is 0 Å².